The summed E-state index contributed by atoms with van der Waals surface area (Å²) in [7, 11) is 1.50. The van der Waals surface area contributed by atoms with Crippen molar-refractivity contribution >= 4 is 5.97 Å². The van der Waals surface area contributed by atoms with Crippen molar-refractivity contribution in [3.8, 4) is 5.75 Å². The number of hydrogen-bond acceptors (Lipinski definition) is 4. The molecule has 30 heavy (non-hydrogen) atoms. The van der Waals surface area contributed by atoms with Crippen LogP contribution in [0.4, 0.5) is 0 Å². The predicted octanol–water partition coefficient (Wildman–Crippen LogP) is 4.05. The van der Waals surface area contributed by atoms with Gasteiger partial charge in [-0.3, -0.25) is 9.69 Å². The third-order valence-corrected chi connectivity index (χ3v) is 8.51. The van der Waals surface area contributed by atoms with Crippen molar-refractivity contribution in [3.05, 3.63) is 65.2 Å². The SMILES string of the molecule is COC(=O)[C@]1(c2ccccc2)C[C@@H]1CN1CC[C@]2(C)c3cc(O)ccc3C[C@@H]1[C@@H]2C. The topological polar surface area (TPSA) is 49.8 Å². The fraction of sp³-hybridized carbons (Fsp3) is 0.500. The number of hydrogen-bond donors (Lipinski definition) is 1. The Labute approximate surface area is 178 Å². The molecule has 2 fully saturated rings. The number of rotatable bonds is 4. The van der Waals surface area contributed by atoms with Gasteiger partial charge in [0.2, 0.25) is 0 Å². The lowest BCUT2D eigenvalue weighted by Crippen LogP contribution is -2.58. The first-order valence-corrected chi connectivity index (χ1v) is 11.1. The summed E-state index contributed by atoms with van der Waals surface area (Å²) in [5.74, 6) is 1.07. The second kappa shape index (κ2) is 6.84. The molecule has 1 aliphatic heterocycles. The van der Waals surface area contributed by atoms with Gasteiger partial charge < -0.3 is 9.84 Å². The van der Waals surface area contributed by atoms with E-state index in [1.807, 2.05) is 30.3 Å². The van der Waals surface area contributed by atoms with E-state index >= 15 is 0 Å². The van der Waals surface area contributed by atoms with E-state index < -0.39 is 5.41 Å². The summed E-state index contributed by atoms with van der Waals surface area (Å²) in [4.78, 5) is 15.4. The average molecular weight is 406 g/mol. The summed E-state index contributed by atoms with van der Waals surface area (Å²) in [5, 5.41) is 10.1. The minimum absolute atomic E-state index is 0.0932. The largest absolute Gasteiger partial charge is 0.508 e. The van der Waals surface area contributed by atoms with E-state index in [9.17, 15) is 9.90 Å². The summed E-state index contributed by atoms with van der Waals surface area (Å²) in [6.07, 6.45) is 2.95. The van der Waals surface area contributed by atoms with Crippen LogP contribution >= 0.6 is 0 Å². The number of phenolic OH excluding ortho intramolecular Hbond substituents is 1. The van der Waals surface area contributed by atoms with Crippen LogP contribution in [-0.2, 0) is 26.8 Å². The van der Waals surface area contributed by atoms with Gasteiger partial charge in [0.05, 0.1) is 12.5 Å². The Balaban J connectivity index is 1.41. The molecular weight excluding hydrogens is 374 g/mol. The van der Waals surface area contributed by atoms with Gasteiger partial charge in [0.1, 0.15) is 5.75 Å². The van der Waals surface area contributed by atoms with Crippen molar-refractivity contribution in [1.29, 1.82) is 0 Å². The van der Waals surface area contributed by atoms with Gasteiger partial charge in [-0.2, -0.15) is 0 Å². The minimum Gasteiger partial charge on any atom is -0.508 e. The standard InChI is InChI=1S/C26H31NO3/c1-17-23-13-18-9-10-21(28)14-22(18)25(17,2)11-12-27(23)16-20-15-26(20,24(29)30-3)19-7-5-4-6-8-19/h4-10,14,17,20,23,28H,11-13,15-16H2,1-3H3/t17-,20+,23+,25-,26-/m0/s1. The van der Waals surface area contributed by atoms with Crippen LogP contribution in [0.3, 0.4) is 0 Å². The fourth-order valence-corrected chi connectivity index (χ4v) is 6.39. The Kier molecular flexibility index (Phi) is 4.48. The highest BCUT2D eigenvalue weighted by atomic mass is 16.5. The van der Waals surface area contributed by atoms with E-state index in [0.29, 0.717) is 23.6 Å². The number of piperidine rings is 1. The Hall–Kier alpha value is -2.33. The third-order valence-electron chi connectivity index (χ3n) is 8.51. The molecule has 0 radical (unpaired) electrons. The Morgan fingerprint density at radius 1 is 1.23 bits per heavy atom. The van der Waals surface area contributed by atoms with Crippen molar-refractivity contribution < 1.29 is 14.6 Å². The quantitative estimate of drug-likeness (QED) is 0.780. The van der Waals surface area contributed by atoms with E-state index in [4.69, 9.17) is 4.74 Å². The van der Waals surface area contributed by atoms with Crippen molar-refractivity contribution in [3.63, 3.8) is 0 Å². The van der Waals surface area contributed by atoms with Gasteiger partial charge in [0, 0.05) is 12.6 Å². The first kappa shape index (κ1) is 19.6. The van der Waals surface area contributed by atoms with Crippen molar-refractivity contribution in [1.82, 2.24) is 4.90 Å². The second-order valence-corrected chi connectivity index (χ2v) is 9.79. The van der Waals surface area contributed by atoms with Gasteiger partial charge in [-0.15, -0.1) is 0 Å². The van der Waals surface area contributed by atoms with E-state index in [1.165, 1.54) is 18.2 Å². The lowest BCUT2D eigenvalue weighted by atomic mass is 9.59. The highest BCUT2D eigenvalue weighted by molar-refractivity contribution is 5.87. The summed E-state index contributed by atoms with van der Waals surface area (Å²) < 4.78 is 5.25. The van der Waals surface area contributed by atoms with Gasteiger partial charge in [-0.1, -0.05) is 50.2 Å². The number of phenols is 1. The minimum atomic E-state index is -0.488. The summed E-state index contributed by atoms with van der Waals surface area (Å²) in [6.45, 7) is 6.69. The molecule has 1 saturated carbocycles. The first-order valence-electron chi connectivity index (χ1n) is 11.1. The molecule has 5 rings (SSSR count). The maximum Gasteiger partial charge on any atom is 0.316 e. The van der Waals surface area contributed by atoms with Gasteiger partial charge in [0.25, 0.3) is 0 Å². The molecule has 1 N–H and O–H groups in total. The molecule has 3 aliphatic rings. The summed E-state index contributed by atoms with van der Waals surface area (Å²) in [5.41, 5.74) is 3.38. The van der Waals surface area contributed by atoms with Crippen LogP contribution in [0.15, 0.2) is 48.5 Å². The van der Waals surface area contributed by atoms with Gasteiger partial charge >= 0.3 is 5.97 Å². The lowest BCUT2D eigenvalue weighted by molar-refractivity contribution is -0.144. The Morgan fingerprint density at radius 3 is 2.73 bits per heavy atom. The van der Waals surface area contributed by atoms with Crippen LogP contribution in [0.5, 0.6) is 5.75 Å². The second-order valence-electron chi connectivity index (χ2n) is 9.79. The number of esters is 1. The van der Waals surface area contributed by atoms with Crippen LogP contribution in [0.1, 0.15) is 43.4 Å². The zero-order chi connectivity index (χ0) is 21.1. The van der Waals surface area contributed by atoms with Crippen molar-refractivity contribution in [2.45, 2.75) is 50.0 Å². The zero-order valence-electron chi connectivity index (χ0n) is 18.1. The number of methoxy groups -OCH3 is 1. The number of carbonyl (C=O) groups excluding carboxylic acids is 1. The van der Waals surface area contributed by atoms with Crippen LogP contribution in [0.25, 0.3) is 0 Å². The molecule has 158 valence electrons. The molecule has 2 aliphatic carbocycles. The summed E-state index contributed by atoms with van der Waals surface area (Å²) >= 11 is 0. The average Bonchev–Trinajstić information content (AvgIpc) is 3.48. The monoisotopic (exact) mass is 405 g/mol. The Morgan fingerprint density at radius 2 is 2.00 bits per heavy atom. The summed E-state index contributed by atoms with van der Waals surface area (Å²) in [6, 6.07) is 16.5. The normalized spacial score (nSPS) is 34.8. The molecule has 4 heteroatoms. The van der Waals surface area contributed by atoms with Crippen LogP contribution < -0.4 is 0 Å². The molecule has 2 aromatic carbocycles. The van der Waals surface area contributed by atoms with E-state index in [0.717, 1.165) is 37.9 Å². The highest BCUT2D eigenvalue weighted by Gasteiger charge is 2.63. The number of carbonyl (C=O) groups is 1. The number of fused-ring (bicyclic) bond motifs is 4. The Bertz CT molecular complexity index is 973. The molecule has 0 aromatic heterocycles. The fourth-order valence-electron chi connectivity index (χ4n) is 6.39. The molecule has 0 spiro atoms. The molecule has 2 bridgehead atoms. The van der Waals surface area contributed by atoms with Crippen LogP contribution in [0.2, 0.25) is 0 Å². The number of benzene rings is 2. The number of nitrogens with zero attached hydrogens (tertiary/aromatic N) is 1. The lowest BCUT2D eigenvalue weighted by Gasteiger charge is -2.54. The van der Waals surface area contributed by atoms with Gasteiger partial charge in [-0.25, -0.2) is 0 Å². The van der Waals surface area contributed by atoms with E-state index in [1.54, 1.807) is 0 Å². The van der Waals surface area contributed by atoms with Gasteiger partial charge in [-0.05, 0) is 71.9 Å². The number of ether oxygens (including phenoxy) is 1. The van der Waals surface area contributed by atoms with E-state index in [-0.39, 0.29) is 11.4 Å². The maximum atomic E-state index is 12.8. The predicted molar refractivity (Wildman–Crippen MR) is 117 cm³/mol. The van der Waals surface area contributed by atoms with Crippen molar-refractivity contribution in [2.24, 2.45) is 11.8 Å². The molecule has 0 unspecified atom stereocenters. The zero-order valence-corrected chi connectivity index (χ0v) is 18.1. The van der Waals surface area contributed by atoms with Crippen LogP contribution in [0, 0.1) is 11.8 Å². The smallest absolute Gasteiger partial charge is 0.316 e. The highest BCUT2D eigenvalue weighted by Crippen LogP contribution is 2.57. The van der Waals surface area contributed by atoms with Gasteiger partial charge in [0.15, 0.2) is 0 Å². The van der Waals surface area contributed by atoms with Crippen molar-refractivity contribution in [2.75, 3.05) is 20.2 Å². The third kappa shape index (κ3) is 2.73. The maximum absolute atomic E-state index is 12.8. The molecule has 5 atom stereocenters. The molecule has 1 saturated heterocycles. The number of likely N-dealkylation sites (tertiary alicyclic amines) is 1. The first-order chi connectivity index (χ1) is 14.4. The molecular formula is C26H31NO3. The van der Waals surface area contributed by atoms with E-state index in [2.05, 4.69) is 36.9 Å². The molecule has 0 amide bonds. The molecule has 4 nitrogen and oxygen atoms in total. The number of aromatic hydroxyl groups is 1. The van der Waals surface area contributed by atoms with Crippen LogP contribution in [-0.4, -0.2) is 42.2 Å². The molecule has 1 heterocycles. The molecule has 2 aromatic rings.